The zero-order valence-electron chi connectivity index (χ0n) is 12.9. The second-order valence-electron chi connectivity index (χ2n) is 6.79. The molecule has 1 spiro atoms. The number of fused-ring (bicyclic) bond motifs is 1. The molecule has 118 valence electrons. The first kappa shape index (κ1) is 14.0. The number of hydrogen-bond donors (Lipinski definition) is 1. The first-order valence-electron chi connectivity index (χ1n) is 8.27. The Bertz CT molecular complexity index is 712. The van der Waals surface area contributed by atoms with Gasteiger partial charge in [-0.05, 0) is 49.9 Å². The number of nitrogens with zero attached hydrogens (tertiary/aromatic N) is 2. The van der Waals surface area contributed by atoms with E-state index < -0.39 is 0 Å². The van der Waals surface area contributed by atoms with Crippen molar-refractivity contribution in [2.45, 2.75) is 25.8 Å². The van der Waals surface area contributed by atoms with Crippen molar-refractivity contribution in [3.63, 3.8) is 0 Å². The Morgan fingerprint density at radius 2 is 2.14 bits per heavy atom. The SMILES string of the molecule is O=c1oc2ccccc2n1CCN1CCCC2(CCNC2)C1. The highest BCUT2D eigenvalue weighted by molar-refractivity contribution is 5.72. The maximum atomic E-state index is 12.0. The van der Waals surface area contributed by atoms with Crippen LogP contribution in [0.4, 0.5) is 0 Å². The lowest BCUT2D eigenvalue weighted by Gasteiger charge is -2.40. The molecule has 0 amide bonds. The Labute approximate surface area is 129 Å². The van der Waals surface area contributed by atoms with Gasteiger partial charge in [0.05, 0.1) is 5.52 Å². The monoisotopic (exact) mass is 301 g/mol. The molecule has 22 heavy (non-hydrogen) atoms. The summed E-state index contributed by atoms with van der Waals surface area (Å²) in [5.41, 5.74) is 2.06. The summed E-state index contributed by atoms with van der Waals surface area (Å²) in [4.78, 5) is 14.5. The van der Waals surface area contributed by atoms with Crippen molar-refractivity contribution in [1.82, 2.24) is 14.8 Å². The van der Waals surface area contributed by atoms with Crippen molar-refractivity contribution >= 4 is 11.1 Å². The molecule has 2 saturated heterocycles. The van der Waals surface area contributed by atoms with E-state index in [1.54, 1.807) is 4.57 Å². The average Bonchev–Trinajstić information content (AvgIpc) is 3.09. The van der Waals surface area contributed by atoms with Crippen LogP contribution in [-0.2, 0) is 6.54 Å². The molecule has 2 aliphatic heterocycles. The number of piperidine rings is 1. The van der Waals surface area contributed by atoms with Gasteiger partial charge in [-0.3, -0.25) is 4.57 Å². The minimum atomic E-state index is -0.240. The van der Waals surface area contributed by atoms with Gasteiger partial charge in [0, 0.05) is 26.2 Å². The quantitative estimate of drug-likeness (QED) is 0.937. The summed E-state index contributed by atoms with van der Waals surface area (Å²) in [6.45, 7) is 6.24. The van der Waals surface area contributed by atoms with E-state index in [9.17, 15) is 4.79 Å². The first-order valence-corrected chi connectivity index (χ1v) is 8.27. The van der Waals surface area contributed by atoms with Crippen LogP contribution in [0.5, 0.6) is 0 Å². The highest BCUT2D eigenvalue weighted by atomic mass is 16.4. The van der Waals surface area contributed by atoms with E-state index in [2.05, 4.69) is 10.2 Å². The molecule has 1 aromatic heterocycles. The Hall–Kier alpha value is -1.59. The number of nitrogens with one attached hydrogen (secondary N) is 1. The highest BCUT2D eigenvalue weighted by Gasteiger charge is 2.37. The van der Waals surface area contributed by atoms with E-state index in [4.69, 9.17) is 4.42 Å². The highest BCUT2D eigenvalue weighted by Crippen LogP contribution is 2.35. The summed E-state index contributed by atoms with van der Waals surface area (Å²) in [5.74, 6) is -0.240. The molecule has 0 saturated carbocycles. The molecular formula is C17H23N3O2. The predicted molar refractivity (Wildman–Crippen MR) is 86.1 cm³/mol. The molecule has 0 aliphatic carbocycles. The van der Waals surface area contributed by atoms with Gasteiger partial charge >= 0.3 is 5.76 Å². The van der Waals surface area contributed by atoms with Crippen molar-refractivity contribution in [1.29, 1.82) is 0 Å². The number of hydrogen-bond acceptors (Lipinski definition) is 4. The van der Waals surface area contributed by atoms with Crippen molar-refractivity contribution in [3.05, 3.63) is 34.8 Å². The Balaban J connectivity index is 1.47. The van der Waals surface area contributed by atoms with Crippen molar-refractivity contribution in [3.8, 4) is 0 Å². The van der Waals surface area contributed by atoms with Crippen LogP contribution in [0.25, 0.3) is 11.1 Å². The van der Waals surface area contributed by atoms with E-state index in [1.807, 2.05) is 24.3 Å². The predicted octanol–water partition coefficient (Wildman–Crippen LogP) is 1.67. The maximum absolute atomic E-state index is 12.0. The molecule has 0 bridgehead atoms. The van der Waals surface area contributed by atoms with Gasteiger partial charge < -0.3 is 14.6 Å². The lowest BCUT2D eigenvalue weighted by Crippen LogP contribution is -2.45. The van der Waals surface area contributed by atoms with E-state index in [0.29, 0.717) is 17.5 Å². The fraction of sp³-hybridized carbons (Fsp3) is 0.588. The molecule has 5 heteroatoms. The van der Waals surface area contributed by atoms with Crippen molar-refractivity contribution in [2.24, 2.45) is 5.41 Å². The molecule has 5 nitrogen and oxygen atoms in total. The Morgan fingerprint density at radius 1 is 1.23 bits per heavy atom. The fourth-order valence-electron chi connectivity index (χ4n) is 4.11. The van der Waals surface area contributed by atoms with Crippen molar-refractivity contribution < 1.29 is 4.42 Å². The number of likely N-dealkylation sites (tertiary alicyclic amines) is 1. The lowest BCUT2D eigenvalue weighted by molar-refractivity contribution is 0.100. The molecular weight excluding hydrogens is 278 g/mol. The van der Waals surface area contributed by atoms with Crippen LogP contribution < -0.4 is 11.1 Å². The Kier molecular flexibility index (Phi) is 3.54. The third kappa shape index (κ3) is 2.48. The van der Waals surface area contributed by atoms with Crippen LogP contribution in [0.2, 0.25) is 0 Å². The first-order chi connectivity index (χ1) is 10.8. The molecule has 1 atom stereocenters. The third-order valence-corrected chi connectivity index (χ3v) is 5.29. The summed E-state index contributed by atoms with van der Waals surface area (Å²) in [6, 6.07) is 7.66. The lowest BCUT2D eigenvalue weighted by atomic mass is 9.79. The fourth-order valence-corrected chi connectivity index (χ4v) is 4.11. The molecule has 3 heterocycles. The zero-order chi connectivity index (χ0) is 15.0. The molecule has 0 radical (unpaired) electrons. The number of aromatic nitrogens is 1. The molecule has 1 N–H and O–H groups in total. The van der Waals surface area contributed by atoms with E-state index in [0.717, 1.165) is 38.2 Å². The molecule has 1 unspecified atom stereocenters. The van der Waals surface area contributed by atoms with Gasteiger partial charge in [-0.15, -0.1) is 0 Å². The maximum Gasteiger partial charge on any atom is 0.419 e. The number of para-hydroxylation sites is 2. The van der Waals surface area contributed by atoms with Gasteiger partial charge in [0.2, 0.25) is 0 Å². The van der Waals surface area contributed by atoms with Crippen LogP contribution in [0.1, 0.15) is 19.3 Å². The van der Waals surface area contributed by atoms with E-state index >= 15 is 0 Å². The average molecular weight is 301 g/mol. The number of oxazole rings is 1. The number of rotatable bonds is 3. The van der Waals surface area contributed by atoms with Crippen LogP contribution in [0.3, 0.4) is 0 Å². The van der Waals surface area contributed by atoms with Crippen LogP contribution in [-0.4, -0.2) is 42.2 Å². The normalized spacial score (nSPS) is 26.2. The van der Waals surface area contributed by atoms with Crippen LogP contribution >= 0.6 is 0 Å². The zero-order valence-corrected chi connectivity index (χ0v) is 12.9. The van der Waals surface area contributed by atoms with Crippen LogP contribution in [0, 0.1) is 5.41 Å². The summed E-state index contributed by atoms with van der Waals surface area (Å²) < 4.78 is 7.08. The topological polar surface area (TPSA) is 50.4 Å². The van der Waals surface area contributed by atoms with Crippen molar-refractivity contribution in [2.75, 3.05) is 32.7 Å². The smallest absolute Gasteiger partial charge is 0.408 e. The molecule has 1 aromatic carbocycles. The van der Waals surface area contributed by atoms with Crippen LogP contribution in [0.15, 0.2) is 33.5 Å². The van der Waals surface area contributed by atoms with E-state index in [1.165, 1.54) is 19.3 Å². The molecule has 4 rings (SSSR count). The third-order valence-electron chi connectivity index (χ3n) is 5.29. The summed E-state index contributed by atoms with van der Waals surface area (Å²) >= 11 is 0. The molecule has 2 fully saturated rings. The molecule has 2 aromatic rings. The Morgan fingerprint density at radius 3 is 3.00 bits per heavy atom. The van der Waals surface area contributed by atoms with Gasteiger partial charge in [0.1, 0.15) is 0 Å². The summed E-state index contributed by atoms with van der Waals surface area (Å²) in [5, 5.41) is 3.51. The number of benzene rings is 1. The van der Waals surface area contributed by atoms with Gasteiger partial charge in [-0.1, -0.05) is 12.1 Å². The molecule has 2 aliphatic rings. The van der Waals surface area contributed by atoms with Gasteiger partial charge in [0.15, 0.2) is 5.58 Å². The second-order valence-corrected chi connectivity index (χ2v) is 6.79. The summed E-state index contributed by atoms with van der Waals surface area (Å²) in [6.07, 6.45) is 3.89. The standard InChI is InChI=1S/C17H23N3O2/c21-16-20(14-4-1-2-5-15(14)22-16)11-10-19-9-3-6-17(13-19)7-8-18-12-17/h1-2,4-5,18H,3,6-13H2. The minimum Gasteiger partial charge on any atom is -0.408 e. The largest absolute Gasteiger partial charge is 0.419 e. The summed E-state index contributed by atoms with van der Waals surface area (Å²) in [7, 11) is 0. The van der Waals surface area contributed by atoms with Gasteiger partial charge in [-0.25, -0.2) is 4.79 Å². The minimum absolute atomic E-state index is 0.240. The second kappa shape index (κ2) is 5.56. The van der Waals surface area contributed by atoms with E-state index in [-0.39, 0.29) is 5.76 Å². The van der Waals surface area contributed by atoms with Gasteiger partial charge in [-0.2, -0.15) is 0 Å². The van der Waals surface area contributed by atoms with Gasteiger partial charge in [0.25, 0.3) is 0 Å².